The maximum Gasteiger partial charge on any atom is 0.269 e. The van der Waals surface area contributed by atoms with E-state index in [1.54, 1.807) is 31.2 Å². The highest BCUT2D eigenvalue weighted by atomic mass is 32.2. The summed E-state index contributed by atoms with van der Waals surface area (Å²) in [5.74, 6) is -0.952. The van der Waals surface area contributed by atoms with Gasteiger partial charge in [0.05, 0.1) is 4.90 Å². The fraction of sp³-hybridized carbons (Fsp3) is 0.364. The molecule has 0 bridgehead atoms. The van der Waals surface area contributed by atoms with E-state index in [0.29, 0.717) is 11.1 Å². The maximum atomic E-state index is 12.4. The van der Waals surface area contributed by atoms with Crippen LogP contribution in [-0.2, 0) is 14.8 Å². The van der Waals surface area contributed by atoms with E-state index >= 15 is 0 Å². The molecule has 0 unspecified atom stereocenters. The molecule has 8 nitrogen and oxygen atoms in total. The van der Waals surface area contributed by atoms with Gasteiger partial charge in [0.25, 0.3) is 5.91 Å². The Labute approximate surface area is 184 Å². The molecule has 2 aromatic rings. The van der Waals surface area contributed by atoms with E-state index < -0.39 is 21.8 Å². The number of nitrogens with zero attached hydrogens (tertiary/aromatic N) is 1. The smallest absolute Gasteiger partial charge is 0.269 e. The number of nitrogens with one attached hydrogen (secondary N) is 3. The van der Waals surface area contributed by atoms with Crippen molar-refractivity contribution in [2.24, 2.45) is 0 Å². The SMILES string of the molecule is CCN(CC)c1ccc(C(=O)NNC(=O)CCNS(=O)(=O)c2cc(C)ccc2C)cc1. The number of hydrazine groups is 1. The van der Waals surface area contributed by atoms with Gasteiger partial charge < -0.3 is 4.90 Å². The van der Waals surface area contributed by atoms with Gasteiger partial charge in [-0.25, -0.2) is 13.1 Å². The molecule has 0 saturated heterocycles. The predicted octanol–water partition coefficient (Wildman–Crippen LogP) is 2.28. The molecule has 0 saturated carbocycles. The fourth-order valence-electron chi connectivity index (χ4n) is 3.05. The monoisotopic (exact) mass is 446 g/mol. The molecule has 3 N–H and O–H groups in total. The minimum absolute atomic E-state index is 0.0873. The number of carbonyl (C=O) groups is 2. The molecule has 0 radical (unpaired) electrons. The highest BCUT2D eigenvalue weighted by Gasteiger charge is 2.17. The quantitative estimate of drug-likeness (QED) is 0.512. The standard InChI is InChI=1S/C22H30N4O4S/c1-5-26(6-2)19-11-9-18(10-12-19)22(28)25-24-21(27)13-14-23-31(29,30)20-15-16(3)7-8-17(20)4/h7-12,15,23H,5-6,13-14H2,1-4H3,(H,24,27)(H,25,28). The van der Waals surface area contributed by atoms with Gasteiger partial charge in [-0.3, -0.25) is 20.4 Å². The van der Waals surface area contributed by atoms with Crippen molar-refractivity contribution >= 4 is 27.5 Å². The van der Waals surface area contributed by atoms with E-state index in [2.05, 4.69) is 34.3 Å². The van der Waals surface area contributed by atoms with Crippen molar-refractivity contribution in [1.29, 1.82) is 0 Å². The van der Waals surface area contributed by atoms with Crippen molar-refractivity contribution in [2.45, 2.75) is 39.0 Å². The summed E-state index contributed by atoms with van der Waals surface area (Å²) in [6.07, 6.45) is -0.120. The number of carbonyl (C=O) groups excluding carboxylic acids is 2. The van der Waals surface area contributed by atoms with Crippen LogP contribution in [-0.4, -0.2) is 39.9 Å². The zero-order chi connectivity index (χ0) is 23.0. The molecule has 0 fully saturated rings. The van der Waals surface area contributed by atoms with Crippen LogP contribution >= 0.6 is 0 Å². The normalized spacial score (nSPS) is 11.1. The highest BCUT2D eigenvalue weighted by Crippen LogP contribution is 2.16. The number of rotatable bonds is 9. The summed E-state index contributed by atoms with van der Waals surface area (Å²) in [6, 6.07) is 12.2. The van der Waals surface area contributed by atoms with Crippen LogP contribution in [0.2, 0.25) is 0 Å². The minimum Gasteiger partial charge on any atom is -0.372 e. The Bertz CT molecular complexity index is 1020. The topological polar surface area (TPSA) is 108 Å². The molecule has 9 heteroatoms. The molecule has 0 aliphatic heterocycles. The lowest BCUT2D eigenvalue weighted by Gasteiger charge is -2.21. The molecule has 2 rings (SSSR count). The summed E-state index contributed by atoms with van der Waals surface area (Å²) in [6.45, 7) is 9.28. The van der Waals surface area contributed by atoms with Crippen LogP contribution in [0.25, 0.3) is 0 Å². The zero-order valence-electron chi connectivity index (χ0n) is 18.4. The number of anilines is 1. The van der Waals surface area contributed by atoms with Gasteiger partial charge in [-0.15, -0.1) is 0 Å². The van der Waals surface area contributed by atoms with Crippen molar-refractivity contribution in [2.75, 3.05) is 24.5 Å². The van der Waals surface area contributed by atoms with Gasteiger partial charge in [0.15, 0.2) is 0 Å². The molecule has 0 aliphatic carbocycles. The van der Waals surface area contributed by atoms with E-state index in [-0.39, 0.29) is 17.9 Å². The predicted molar refractivity (Wildman–Crippen MR) is 121 cm³/mol. The van der Waals surface area contributed by atoms with Gasteiger partial charge in [-0.2, -0.15) is 0 Å². The van der Waals surface area contributed by atoms with Crippen LogP contribution in [0.5, 0.6) is 0 Å². The van der Waals surface area contributed by atoms with Gasteiger partial charge in [0, 0.05) is 37.3 Å². The first-order chi connectivity index (χ1) is 14.7. The molecular weight excluding hydrogens is 416 g/mol. The summed E-state index contributed by atoms with van der Waals surface area (Å²) in [4.78, 5) is 26.5. The van der Waals surface area contributed by atoms with E-state index in [0.717, 1.165) is 24.3 Å². The van der Waals surface area contributed by atoms with Gasteiger partial charge in [0.2, 0.25) is 15.9 Å². The number of sulfonamides is 1. The van der Waals surface area contributed by atoms with Crippen molar-refractivity contribution in [3.8, 4) is 0 Å². The van der Waals surface area contributed by atoms with Gasteiger partial charge in [0.1, 0.15) is 0 Å². The first-order valence-corrected chi connectivity index (χ1v) is 11.7. The summed E-state index contributed by atoms with van der Waals surface area (Å²) >= 11 is 0. The van der Waals surface area contributed by atoms with Crippen LogP contribution in [0.1, 0.15) is 41.8 Å². The van der Waals surface area contributed by atoms with E-state index in [1.165, 1.54) is 0 Å². The van der Waals surface area contributed by atoms with Gasteiger partial charge >= 0.3 is 0 Å². The number of amides is 2. The molecule has 0 spiro atoms. The van der Waals surface area contributed by atoms with Crippen molar-refractivity contribution in [3.05, 3.63) is 59.2 Å². The molecule has 2 amide bonds. The number of hydrogen-bond acceptors (Lipinski definition) is 5. The minimum atomic E-state index is -3.72. The van der Waals surface area contributed by atoms with Crippen LogP contribution in [0.3, 0.4) is 0 Å². The van der Waals surface area contributed by atoms with Crippen LogP contribution in [0.4, 0.5) is 5.69 Å². The van der Waals surface area contributed by atoms with Gasteiger partial charge in [-0.05, 0) is 69.2 Å². The van der Waals surface area contributed by atoms with Crippen molar-refractivity contribution in [1.82, 2.24) is 15.6 Å². The Kier molecular flexibility index (Phi) is 8.58. The van der Waals surface area contributed by atoms with E-state index in [9.17, 15) is 18.0 Å². The van der Waals surface area contributed by atoms with E-state index in [4.69, 9.17) is 0 Å². The van der Waals surface area contributed by atoms with Crippen LogP contribution < -0.4 is 20.5 Å². The number of aryl methyl sites for hydroxylation is 2. The summed E-state index contributed by atoms with van der Waals surface area (Å²) in [7, 11) is -3.72. The summed E-state index contributed by atoms with van der Waals surface area (Å²) in [5, 5.41) is 0. The molecule has 0 aromatic heterocycles. The Morgan fingerprint density at radius 1 is 0.935 bits per heavy atom. The summed E-state index contributed by atoms with van der Waals surface area (Å²) < 4.78 is 27.3. The van der Waals surface area contributed by atoms with Crippen molar-refractivity contribution in [3.63, 3.8) is 0 Å². The summed E-state index contributed by atoms with van der Waals surface area (Å²) in [5.41, 5.74) is 7.53. The second kappa shape index (κ2) is 10.9. The molecule has 0 atom stereocenters. The molecule has 168 valence electrons. The first kappa shape index (κ1) is 24.4. The van der Waals surface area contributed by atoms with Crippen molar-refractivity contribution < 1.29 is 18.0 Å². The molecule has 2 aromatic carbocycles. The Morgan fingerprint density at radius 3 is 2.19 bits per heavy atom. The van der Waals surface area contributed by atoms with Crippen LogP contribution in [0, 0.1) is 13.8 Å². The third kappa shape index (κ3) is 6.80. The Morgan fingerprint density at radius 2 is 1.58 bits per heavy atom. The second-order valence-corrected chi connectivity index (χ2v) is 8.87. The number of benzene rings is 2. The molecular formula is C22H30N4O4S. The largest absolute Gasteiger partial charge is 0.372 e. The third-order valence-corrected chi connectivity index (χ3v) is 6.45. The lowest BCUT2D eigenvalue weighted by molar-refractivity contribution is -0.121. The number of hydrogen-bond donors (Lipinski definition) is 3. The lowest BCUT2D eigenvalue weighted by atomic mass is 10.2. The lowest BCUT2D eigenvalue weighted by Crippen LogP contribution is -2.42. The highest BCUT2D eigenvalue weighted by molar-refractivity contribution is 7.89. The Hall–Kier alpha value is -2.91. The van der Waals surface area contributed by atoms with Gasteiger partial charge in [-0.1, -0.05) is 12.1 Å². The maximum absolute atomic E-state index is 12.4. The molecule has 31 heavy (non-hydrogen) atoms. The van der Waals surface area contributed by atoms with Crippen LogP contribution in [0.15, 0.2) is 47.4 Å². The molecule has 0 aliphatic rings. The molecule has 0 heterocycles. The Balaban J connectivity index is 1.82. The first-order valence-electron chi connectivity index (χ1n) is 10.2. The zero-order valence-corrected chi connectivity index (χ0v) is 19.2. The average Bonchev–Trinajstić information content (AvgIpc) is 2.75. The average molecular weight is 447 g/mol. The second-order valence-electron chi connectivity index (χ2n) is 7.14. The third-order valence-electron chi connectivity index (χ3n) is 4.85. The fourth-order valence-corrected chi connectivity index (χ4v) is 4.41. The van der Waals surface area contributed by atoms with E-state index in [1.807, 2.05) is 25.1 Å².